The molecular formula is C20H17NO6. The van der Waals surface area contributed by atoms with E-state index in [0.717, 1.165) is 33.8 Å². The average Bonchev–Trinajstić information content (AvgIpc) is 3.32. The molecule has 1 amide bonds. The van der Waals surface area contributed by atoms with Crippen LogP contribution >= 0.6 is 0 Å². The Labute approximate surface area is 155 Å². The van der Waals surface area contributed by atoms with Crippen molar-refractivity contribution in [2.45, 2.75) is 24.9 Å². The Morgan fingerprint density at radius 2 is 1.30 bits per heavy atom. The first-order chi connectivity index (χ1) is 13.2. The smallest absolute Gasteiger partial charge is 0.249 e. The zero-order chi connectivity index (χ0) is 18.1. The van der Waals surface area contributed by atoms with Crippen LogP contribution in [0.1, 0.15) is 34.3 Å². The second-order valence-corrected chi connectivity index (χ2v) is 7.21. The molecule has 1 N–H and O–H groups in total. The number of ether oxygens (including phenoxy) is 4. The number of benzene rings is 2. The van der Waals surface area contributed by atoms with E-state index >= 15 is 0 Å². The second kappa shape index (κ2) is 5.29. The van der Waals surface area contributed by atoms with Gasteiger partial charge in [0.15, 0.2) is 23.0 Å². The summed E-state index contributed by atoms with van der Waals surface area (Å²) in [5.41, 5.74) is 4.42. The second-order valence-electron chi connectivity index (χ2n) is 7.21. The lowest BCUT2D eigenvalue weighted by atomic mass is 9.76. The number of hydrogen-bond donors (Lipinski definition) is 1. The van der Waals surface area contributed by atoms with Crippen LogP contribution in [0.5, 0.6) is 23.0 Å². The minimum atomic E-state index is -0.507. The summed E-state index contributed by atoms with van der Waals surface area (Å²) in [5, 5.41) is 9.57. The van der Waals surface area contributed by atoms with E-state index in [1.54, 1.807) is 0 Å². The van der Waals surface area contributed by atoms with Gasteiger partial charge < -0.3 is 29.0 Å². The molecule has 0 spiro atoms. The molecule has 4 aliphatic heterocycles. The van der Waals surface area contributed by atoms with Crippen molar-refractivity contribution in [2.75, 3.05) is 20.2 Å². The van der Waals surface area contributed by atoms with Crippen LogP contribution in [0.3, 0.4) is 0 Å². The molecule has 0 saturated carbocycles. The van der Waals surface area contributed by atoms with E-state index in [1.165, 1.54) is 0 Å². The minimum Gasteiger partial charge on any atom is -0.454 e. The van der Waals surface area contributed by atoms with Crippen molar-refractivity contribution in [1.82, 2.24) is 4.90 Å². The fourth-order valence-corrected chi connectivity index (χ4v) is 4.75. The Bertz CT molecular complexity index is 915. The summed E-state index contributed by atoms with van der Waals surface area (Å²) in [4.78, 5) is 14.4. The summed E-state index contributed by atoms with van der Waals surface area (Å²) in [5.74, 6) is 2.65. The van der Waals surface area contributed by atoms with Gasteiger partial charge in [-0.1, -0.05) is 0 Å². The number of rotatable bonds is 1. The van der Waals surface area contributed by atoms with Gasteiger partial charge in [0.2, 0.25) is 19.5 Å². The molecule has 6 rings (SSSR count). The number of carbonyl (C=O) groups is 1. The number of fused-ring (bicyclic) bond motifs is 8. The van der Waals surface area contributed by atoms with Gasteiger partial charge in [-0.15, -0.1) is 0 Å². The zero-order valence-electron chi connectivity index (χ0n) is 14.4. The van der Waals surface area contributed by atoms with Crippen LogP contribution in [-0.2, 0) is 17.6 Å². The number of amides is 1. The maximum Gasteiger partial charge on any atom is 0.249 e. The Morgan fingerprint density at radius 1 is 0.852 bits per heavy atom. The Hall–Kier alpha value is -2.93. The van der Waals surface area contributed by atoms with Crippen LogP contribution in [0, 0.1) is 0 Å². The topological polar surface area (TPSA) is 77.5 Å². The van der Waals surface area contributed by atoms with Crippen LogP contribution in [0.2, 0.25) is 0 Å². The Kier molecular flexibility index (Phi) is 2.97. The molecule has 2 aromatic rings. The molecule has 7 heteroatoms. The highest BCUT2D eigenvalue weighted by molar-refractivity contribution is 5.80. The summed E-state index contributed by atoms with van der Waals surface area (Å²) < 4.78 is 22.2. The predicted molar refractivity (Wildman–Crippen MR) is 92.0 cm³/mol. The van der Waals surface area contributed by atoms with Crippen molar-refractivity contribution >= 4 is 5.91 Å². The van der Waals surface area contributed by atoms with Crippen molar-refractivity contribution in [2.24, 2.45) is 0 Å². The summed E-state index contributed by atoms with van der Waals surface area (Å²) in [6.45, 7) is -0.0762. The van der Waals surface area contributed by atoms with Gasteiger partial charge in [0, 0.05) is 0 Å². The van der Waals surface area contributed by atoms with E-state index < -0.39 is 6.61 Å². The lowest BCUT2D eigenvalue weighted by molar-refractivity contribution is -0.141. The first-order valence-electron chi connectivity index (χ1n) is 9.00. The van der Waals surface area contributed by atoms with Gasteiger partial charge in [0.05, 0.1) is 12.1 Å². The average molecular weight is 367 g/mol. The SMILES string of the molecule is O=C(CO)N1C2Cc3cc4c(cc3C1Cc1cc3c(cc12)OCO3)OCO4. The molecule has 4 heterocycles. The van der Waals surface area contributed by atoms with Gasteiger partial charge >= 0.3 is 0 Å². The largest absolute Gasteiger partial charge is 0.454 e. The van der Waals surface area contributed by atoms with Crippen molar-refractivity contribution in [3.63, 3.8) is 0 Å². The molecule has 0 radical (unpaired) electrons. The summed E-state index contributed by atoms with van der Waals surface area (Å²) in [6, 6.07) is 7.70. The molecule has 27 heavy (non-hydrogen) atoms. The highest BCUT2D eigenvalue weighted by atomic mass is 16.7. The summed E-state index contributed by atoms with van der Waals surface area (Å²) in [6.07, 6.45) is 1.31. The summed E-state index contributed by atoms with van der Waals surface area (Å²) in [7, 11) is 0. The molecular weight excluding hydrogens is 350 g/mol. The van der Waals surface area contributed by atoms with E-state index in [2.05, 4.69) is 0 Å². The maximum absolute atomic E-state index is 12.6. The standard InChI is InChI=1S/C20H17NO6/c22-7-20(23)21-14-1-10-3-16-18(26-8-24-16)5-12(10)15(21)2-11-4-17-19(6-13(11)14)27-9-25-17/h3-6,14-15,22H,1-2,7-9H2. The number of carbonyl (C=O) groups excluding carboxylic acids is 1. The van der Waals surface area contributed by atoms with E-state index in [-0.39, 0.29) is 31.6 Å². The van der Waals surface area contributed by atoms with Crippen LogP contribution in [0.4, 0.5) is 0 Å². The zero-order valence-corrected chi connectivity index (χ0v) is 14.4. The van der Waals surface area contributed by atoms with Gasteiger partial charge in [-0.2, -0.15) is 0 Å². The van der Waals surface area contributed by atoms with E-state index in [4.69, 9.17) is 18.9 Å². The van der Waals surface area contributed by atoms with Crippen LogP contribution in [-0.4, -0.2) is 36.1 Å². The third-order valence-corrected chi connectivity index (χ3v) is 5.91. The molecule has 2 atom stereocenters. The fraction of sp³-hybridized carbons (Fsp3) is 0.350. The number of hydrogen-bond acceptors (Lipinski definition) is 6. The van der Waals surface area contributed by atoms with Crippen molar-refractivity contribution in [3.8, 4) is 23.0 Å². The van der Waals surface area contributed by atoms with Gasteiger partial charge in [-0.3, -0.25) is 4.79 Å². The van der Waals surface area contributed by atoms with Crippen molar-refractivity contribution in [1.29, 1.82) is 0 Å². The third-order valence-electron chi connectivity index (χ3n) is 5.91. The quantitative estimate of drug-likeness (QED) is 0.829. The summed E-state index contributed by atoms with van der Waals surface area (Å²) >= 11 is 0. The molecule has 2 aromatic carbocycles. The molecule has 7 nitrogen and oxygen atoms in total. The molecule has 2 unspecified atom stereocenters. The number of nitrogens with zero attached hydrogens (tertiary/aromatic N) is 1. The fourth-order valence-electron chi connectivity index (χ4n) is 4.75. The third kappa shape index (κ3) is 2.03. The monoisotopic (exact) mass is 367 g/mol. The molecule has 0 fully saturated rings. The molecule has 0 aliphatic carbocycles. The van der Waals surface area contributed by atoms with Crippen LogP contribution in [0.15, 0.2) is 24.3 Å². The van der Waals surface area contributed by atoms with Crippen LogP contribution < -0.4 is 18.9 Å². The van der Waals surface area contributed by atoms with Crippen molar-refractivity contribution in [3.05, 3.63) is 46.5 Å². The molecule has 2 bridgehead atoms. The van der Waals surface area contributed by atoms with E-state index in [1.807, 2.05) is 29.2 Å². The Morgan fingerprint density at radius 3 is 1.74 bits per heavy atom. The highest BCUT2D eigenvalue weighted by Crippen LogP contribution is 2.52. The van der Waals surface area contributed by atoms with Gasteiger partial charge in [-0.05, 0) is 59.4 Å². The van der Waals surface area contributed by atoms with Crippen molar-refractivity contribution < 1.29 is 28.8 Å². The molecule has 138 valence electrons. The van der Waals surface area contributed by atoms with Gasteiger partial charge in [-0.25, -0.2) is 0 Å². The number of aliphatic hydroxyl groups is 1. The molecule has 0 saturated heterocycles. The number of aliphatic hydroxyl groups excluding tert-OH is 1. The first kappa shape index (κ1) is 15.2. The van der Waals surface area contributed by atoms with E-state index in [9.17, 15) is 9.90 Å². The predicted octanol–water partition coefficient (Wildman–Crippen LogP) is 1.86. The first-order valence-corrected chi connectivity index (χ1v) is 9.00. The Balaban J connectivity index is 1.53. The minimum absolute atomic E-state index is 0.152. The van der Waals surface area contributed by atoms with Gasteiger partial charge in [0.25, 0.3) is 0 Å². The lowest BCUT2D eigenvalue weighted by Crippen LogP contribution is -2.47. The molecule has 0 aromatic heterocycles. The maximum atomic E-state index is 12.6. The normalized spacial score (nSPS) is 23.1. The highest BCUT2D eigenvalue weighted by Gasteiger charge is 2.44. The lowest BCUT2D eigenvalue weighted by Gasteiger charge is -2.47. The van der Waals surface area contributed by atoms with Crippen LogP contribution in [0.25, 0.3) is 0 Å². The molecule has 4 aliphatic rings. The van der Waals surface area contributed by atoms with E-state index in [0.29, 0.717) is 24.3 Å². The van der Waals surface area contributed by atoms with Gasteiger partial charge in [0.1, 0.15) is 6.61 Å².